The largest absolute Gasteiger partial charge is 0.371 e. The van der Waals surface area contributed by atoms with Gasteiger partial charge in [0.1, 0.15) is 5.82 Å². The molecule has 0 aliphatic carbocycles. The predicted molar refractivity (Wildman–Crippen MR) is 81.2 cm³/mol. The van der Waals surface area contributed by atoms with Gasteiger partial charge < -0.3 is 10.2 Å². The molecule has 1 aromatic carbocycles. The Balaban J connectivity index is 3.01. The first-order valence-corrected chi connectivity index (χ1v) is 7.13. The van der Waals surface area contributed by atoms with E-state index < -0.39 is 0 Å². The van der Waals surface area contributed by atoms with Crippen LogP contribution in [-0.2, 0) is 0 Å². The summed E-state index contributed by atoms with van der Waals surface area (Å²) in [4.78, 5) is 1.84. The van der Waals surface area contributed by atoms with Crippen molar-refractivity contribution in [1.29, 1.82) is 5.26 Å². The molecular formula is C16H24FN3. The molecular weight excluding hydrogens is 253 g/mol. The van der Waals surface area contributed by atoms with Crippen molar-refractivity contribution in [2.24, 2.45) is 5.92 Å². The summed E-state index contributed by atoms with van der Waals surface area (Å²) in [5, 5.41) is 12.3. The minimum Gasteiger partial charge on any atom is -0.371 e. The van der Waals surface area contributed by atoms with Gasteiger partial charge in [-0.25, -0.2) is 4.39 Å². The van der Waals surface area contributed by atoms with Crippen molar-refractivity contribution in [3.05, 3.63) is 29.6 Å². The Labute approximate surface area is 121 Å². The lowest BCUT2D eigenvalue weighted by molar-refractivity contribution is 0.558. The van der Waals surface area contributed by atoms with Crippen LogP contribution in [0.4, 0.5) is 10.1 Å². The smallest absolute Gasteiger partial charge is 0.146 e. The van der Waals surface area contributed by atoms with E-state index in [1.54, 1.807) is 6.07 Å². The van der Waals surface area contributed by atoms with Gasteiger partial charge in [0.25, 0.3) is 0 Å². The molecule has 20 heavy (non-hydrogen) atoms. The number of nitrogens with zero attached hydrogens (tertiary/aromatic N) is 2. The Kier molecular flexibility index (Phi) is 6.47. The molecule has 0 spiro atoms. The third-order valence-corrected chi connectivity index (χ3v) is 3.33. The lowest BCUT2D eigenvalue weighted by Crippen LogP contribution is -2.28. The van der Waals surface area contributed by atoms with E-state index in [-0.39, 0.29) is 17.8 Å². The third kappa shape index (κ3) is 4.21. The summed E-state index contributed by atoms with van der Waals surface area (Å²) >= 11 is 0. The van der Waals surface area contributed by atoms with E-state index in [0.29, 0.717) is 12.2 Å². The summed E-state index contributed by atoms with van der Waals surface area (Å²) in [6.07, 6.45) is 1.04. The molecule has 0 bridgehead atoms. The zero-order chi connectivity index (χ0) is 15.1. The summed E-state index contributed by atoms with van der Waals surface area (Å²) in [5.74, 6) is -0.369. The lowest BCUT2D eigenvalue weighted by atomic mass is 10.0. The Bertz CT molecular complexity index is 467. The summed E-state index contributed by atoms with van der Waals surface area (Å²) in [6, 6.07) is 7.42. The Morgan fingerprint density at radius 2 is 2.10 bits per heavy atom. The van der Waals surface area contributed by atoms with Crippen LogP contribution in [0.3, 0.4) is 0 Å². The van der Waals surface area contributed by atoms with Crippen LogP contribution in [0.1, 0.15) is 38.8 Å². The zero-order valence-electron chi connectivity index (χ0n) is 12.8. The number of halogens is 1. The third-order valence-electron chi connectivity index (χ3n) is 3.33. The van der Waals surface area contributed by atoms with Gasteiger partial charge in [0.05, 0.1) is 17.7 Å². The van der Waals surface area contributed by atoms with E-state index in [0.717, 1.165) is 18.5 Å². The van der Waals surface area contributed by atoms with Gasteiger partial charge in [-0.2, -0.15) is 5.26 Å². The lowest BCUT2D eigenvalue weighted by Gasteiger charge is -2.26. The zero-order valence-corrected chi connectivity index (χ0v) is 12.8. The normalized spacial score (nSPS) is 13.6. The summed E-state index contributed by atoms with van der Waals surface area (Å²) in [7, 11) is 1.84. The van der Waals surface area contributed by atoms with Crippen LogP contribution < -0.4 is 10.2 Å². The van der Waals surface area contributed by atoms with Crippen molar-refractivity contribution in [3.8, 4) is 6.07 Å². The number of benzene rings is 1. The van der Waals surface area contributed by atoms with Gasteiger partial charge in [-0.15, -0.1) is 0 Å². The number of rotatable bonds is 7. The van der Waals surface area contributed by atoms with Gasteiger partial charge in [-0.1, -0.05) is 19.1 Å². The fourth-order valence-electron chi connectivity index (χ4n) is 2.30. The molecule has 4 heteroatoms. The second-order valence-electron chi connectivity index (χ2n) is 5.26. The highest BCUT2D eigenvalue weighted by Crippen LogP contribution is 2.29. The average molecular weight is 277 g/mol. The van der Waals surface area contributed by atoms with Crippen LogP contribution in [0.15, 0.2) is 18.2 Å². The van der Waals surface area contributed by atoms with Gasteiger partial charge in [0, 0.05) is 19.6 Å². The van der Waals surface area contributed by atoms with Crippen LogP contribution >= 0.6 is 0 Å². The van der Waals surface area contributed by atoms with Crippen LogP contribution in [0.2, 0.25) is 0 Å². The van der Waals surface area contributed by atoms with Crippen molar-refractivity contribution in [2.45, 2.75) is 33.2 Å². The van der Waals surface area contributed by atoms with Crippen molar-refractivity contribution < 1.29 is 4.39 Å². The minimum atomic E-state index is -0.236. The number of nitrogens with one attached hydrogen (secondary N) is 1. The Hall–Kier alpha value is -1.60. The van der Waals surface area contributed by atoms with Gasteiger partial charge in [-0.3, -0.25) is 0 Å². The number of hydrogen-bond acceptors (Lipinski definition) is 3. The van der Waals surface area contributed by atoms with Crippen LogP contribution in [0.5, 0.6) is 0 Å². The average Bonchev–Trinajstić information content (AvgIpc) is 2.43. The van der Waals surface area contributed by atoms with Crippen molar-refractivity contribution in [3.63, 3.8) is 0 Å². The van der Waals surface area contributed by atoms with Crippen LogP contribution in [0.25, 0.3) is 0 Å². The molecule has 2 unspecified atom stereocenters. The molecule has 0 radical (unpaired) electrons. The highest BCUT2D eigenvalue weighted by molar-refractivity contribution is 5.55. The fourth-order valence-corrected chi connectivity index (χ4v) is 2.30. The van der Waals surface area contributed by atoms with E-state index >= 15 is 0 Å². The maximum atomic E-state index is 14.2. The quantitative estimate of drug-likeness (QED) is 0.829. The summed E-state index contributed by atoms with van der Waals surface area (Å²) in [6.45, 7) is 7.40. The minimum absolute atomic E-state index is 0.0838. The monoisotopic (exact) mass is 277 g/mol. The molecule has 0 fully saturated rings. The molecule has 0 saturated carbocycles. The fraction of sp³-hybridized carbons (Fsp3) is 0.562. The first-order chi connectivity index (χ1) is 9.51. The molecule has 1 aromatic rings. The number of hydrogen-bond donors (Lipinski definition) is 1. The Morgan fingerprint density at radius 3 is 2.70 bits per heavy atom. The molecule has 0 aliphatic rings. The molecule has 0 aromatic heterocycles. The van der Waals surface area contributed by atoms with Gasteiger partial charge in [0.2, 0.25) is 0 Å². The standard InChI is InChI=1S/C16H24FN3/c1-5-9-19-13(3)14-7-6-8-15(17)16(14)20(4)11-12(2)10-18/h6-8,12-13,19H,5,9,11H2,1-4H3. The molecule has 0 saturated heterocycles. The predicted octanol–water partition coefficient (Wildman–Crippen LogP) is 3.48. The molecule has 0 heterocycles. The second kappa shape index (κ2) is 7.86. The molecule has 110 valence electrons. The van der Waals surface area contributed by atoms with E-state index in [4.69, 9.17) is 5.26 Å². The molecule has 2 atom stereocenters. The Morgan fingerprint density at radius 1 is 1.40 bits per heavy atom. The maximum Gasteiger partial charge on any atom is 0.146 e. The van der Waals surface area contributed by atoms with Crippen molar-refractivity contribution in [1.82, 2.24) is 5.32 Å². The van der Waals surface area contributed by atoms with E-state index in [1.165, 1.54) is 6.07 Å². The topological polar surface area (TPSA) is 39.1 Å². The van der Waals surface area contributed by atoms with E-state index in [9.17, 15) is 4.39 Å². The first-order valence-electron chi connectivity index (χ1n) is 7.13. The van der Waals surface area contributed by atoms with Crippen molar-refractivity contribution in [2.75, 3.05) is 25.0 Å². The second-order valence-corrected chi connectivity index (χ2v) is 5.26. The van der Waals surface area contributed by atoms with Crippen molar-refractivity contribution >= 4 is 5.69 Å². The SMILES string of the molecule is CCCNC(C)c1cccc(F)c1N(C)CC(C)C#N. The summed E-state index contributed by atoms with van der Waals surface area (Å²) < 4.78 is 14.2. The van der Waals surface area contributed by atoms with Gasteiger partial charge in [0.15, 0.2) is 0 Å². The first kappa shape index (κ1) is 16.5. The molecule has 0 aliphatic heterocycles. The maximum absolute atomic E-state index is 14.2. The van der Waals surface area contributed by atoms with E-state index in [2.05, 4.69) is 18.3 Å². The van der Waals surface area contributed by atoms with Crippen LogP contribution in [-0.4, -0.2) is 20.1 Å². The number of anilines is 1. The highest BCUT2D eigenvalue weighted by atomic mass is 19.1. The van der Waals surface area contributed by atoms with E-state index in [1.807, 2.05) is 31.9 Å². The van der Waals surface area contributed by atoms with Crippen LogP contribution in [0, 0.1) is 23.1 Å². The molecule has 3 nitrogen and oxygen atoms in total. The molecule has 1 rings (SSSR count). The summed E-state index contributed by atoms with van der Waals surface area (Å²) in [5.41, 5.74) is 1.52. The van der Waals surface area contributed by atoms with Gasteiger partial charge >= 0.3 is 0 Å². The molecule has 0 amide bonds. The molecule has 1 N–H and O–H groups in total. The highest BCUT2D eigenvalue weighted by Gasteiger charge is 2.18. The van der Waals surface area contributed by atoms with Gasteiger partial charge in [-0.05, 0) is 38.4 Å². The number of para-hydroxylation sites is 1. The number of nitriles is 1.